The third-order valence-electron chi connectivity index (χ3n) is 3.89. The van der Waals surface area contributed by atoms with Crippen molar-refractivity contribution in [2.24, 2.45) is 0 Å². The summed E-state index contributed by atoms with van der Waals surface area (Å²) in [5, 5.41) is 0. The Balaban J connectivity index is 2.09. The molecule has 0 saturated carbocycles. The van der Waals surface area contributed by atoms with Crippen molar-refractivity contribution in [2.45, 2.75) is 19.4 Å². The van der Waals surface area contributed by atoms with E-state index in [1.54, 1.807) is 0 Å². The molecule has 1 atom stereocenters. The van der Waals surface area contributed by atoms with E-state index in [1.807, 2.05) is 6.92 Å². The fraction of sp³-hybridized carbons (Fsp3) is 0.533. The molecular weight excluding hydrogens is 262 g/mol. The molecular formula is C15H20F2N2O. The number of hydrogen-bond donors (Lipinski definition) is 0. The van der Waals surface area contributed by atoms with Gasteiger partial charge in [0.2, 0.25) is 0 Å². The van der Waals surface area contributed by atoms with Crippen LogP contribution in [-0.4, -0.2) is 54.9 Å². The van der Waals surface area contributed by atoms with E-state index in [1.165, 1.54) is 6.07 Å². The molecule has 0 spiro atoms. The molecule has 0 aromatic heterocycles. The van der Waals surface area contributed by atoms with Crippen LogP contribution in [0.15, 0.2) is 18.2 Å². The van der Waals surface area contributed by atoms with Crippen LogP contribution in [0.1, 0.15) is 23.7 Å². The Morgan fingerprint density at radius 1 is 1.15 bits per heavy atom. The maximum absolute atomic E-state index is 13.2. The van der Waals surface area contributed by atoms with Crippen LogP contribution in [0.2, 0.25) is 0 Å². The Morgan fingerprint density at radius 2 is 1.90 bits per heavy atom. The van der Waals surface area contributed by atoms with Crippen molar-refractivity contribution >= 4 is 5.78 Å². The molecule has 1 heterocycles. The first kappa shape index (κ1) is 15.1. The molecule has 1 aliphatic heterocycles. The molecule has 1 aromatic rings. The Kier molecular flexibility index (Phi) is 4.83. The van der Waals surface area contributed by atoms with Crippen LogP contribution in [0.4, 0.5) is 8.78 Å². The number of benzene rings is 1. The van der Waals surface area contributed by atoms with Crippen LogP contribution in [0.25, 0.3) is 0 Å². The zero-order valence-electron chi connectivity index (χ0n) is 11.9. The Hall–Kier alpha value is -1.33. The first-order valence-corrected chi connectivity index (χ1v) is 6.91. The van der Waals surface area contributed by atoms with Gasteiger partial charge in [-0.1, -0.05) is 0 Å². The number of nitrogens with zero attached hydrogens (tertiary/aromatic N) is 2. The normalized spacial score (nSPS) is 19.6. The van der Waals surface area contributed by atoms with Crippen LogP contribution in [0, 0.1) is 11.6 Å². The van der Waals surface area contributed by atoms with Gasteiger partial charge in [0.25, 0.3) is 0 Å². The quantitative estimate of drug-likeness (QED) is 0.794. The van der Waals surface area contributed by atoms with Crippen molar-refractivity contribution in [1.29, 1.82) is 0 Å². The van der Waals surface area contributed by atoms with E-state index in [4.69, 9.17) is 0 Å². The Bertz CT molecular complexity index is 493. The van der Waals surface area contributed by atoms with Crippen LogP contribution >= 0.6 is 0 Å². The highest BCUT2D eigenvalue weighted by Gasteiger charge is 2.24. The minimum atomic E-state index is -0.973. The molecule has 1 unspecified atom stereocenters. The molecule has 1 aliphatic rings. The van der Waals surface area contributed by atoms with Gasteiger partial charge in [0.15, 0.2) is 17.4 Å². The number of rotatable bonds is 3. The predicted molar refractivity (Wildman–Crippen MR) is 73.8 cm³/mol. The molecule has 5 heteroatoms. The second kappa shape index (κ2) is 6.41. The molecule has 110 valence electrons. The van der Waals surface area contributed by atoms with Crippen molar-refractivity contribution in [3.63, 3.8) is 0 Å². The fourth-order valence-electron chi connectivity index (χ4n) is 2.51. The first-order chi connectivity index (χ1) is 9.49. The molecule has 0 radical (unpaired) electrons. The van der Waals surface area contributed by atoms with Crippen molar-refractivity contribution in [2.75, 3.05) is 33.2 Å². The molecule has 20 heavy (non-hydrogen) atoms. The van der Waals surface area contributed by atoms with E-state index in [9.17, 15) is 13.6 Å². The summed E-state index contributed by atoms with van der Waals surface area (Å²) in [5.41, 5.74) is 0.231. The molecule has 0 bridgehead atoms. The summed E-state index contributed by atoms with van der Waals surface area (Å²) in [5.74, 6) is -2.06. The van der Waals surface area contributed by atoms with Gasteiger partial charge >= 0.3 is 0 Å². The number of Topliss-reactive ketones (excluding diaryl/α,β-unsaturated/α-hetero) is 1. The van der Waals surface area contributed by atoms with Crippen molar-refractivity contribution < 1.29 is 13.6 Å². The summed E-state index contributed by atoms with van der Waals surface area (Å²) in [6.45, 7) is 5.42. The maximum Gasteiger partial charge on any atom is 0.179 e. The summed E-state index contributed by atoms with van der Waals surface area (Å²) < 4.78 is 26.1. The largest absolute Gasteiger partial charge is 0.305 e. The highest BCUT2D eigenvalue weighted by Crippen LogP contribution is 2.14. The summed E-state index contributed by atoms with van der Waals surface area (Å²) in [7, 11) is 2.06. The predicted octanol–water partition coefficient (Wildman–Crippen LogP) is 2.17. The lowest BCUT2D eigenvalue weighted by atomic mass is 10.0. The zero-order chi connectivity index (χ0) is 14.7. The van der Waals surface area contributed by atoms with Crippen molar-refractivity contribution in [1.82, 2.24) is 9.80 Å². The first-order valence-electron chi connectivity index (χ1n) is 6.91. The van der Waals surface area contributed by atoms with Crippen molar-refractivity contribution in [3.05, 3.63) is 35.4 Å². The van der Waals surface area contributed by atoms with Gasteiger partial charge in [0.05, 0.1) is 6.04 Å². The molecule has 2 rings (SSSR count). The fourth-order valence-corrected chi connectivity index (χ4v) is 2.51. The second-order valence-electron chi connectivity index (χ2n) is 5.36. The summed E-state index contributed by atoms with van der Waals surface area (Å²) in [4.78, 5) is 16.7. The van der Waals surface area contributed by atoms with E-state index in [0.717, 1.165) is 44.7 Å². The number of carbonyl (C=O) groups is 1. The number of likely N-dealkylation sites (N-methyl/N-ethyl adjacent to an activating group) is 1. The molecule has 1 fully saturated rings. The van der Waals surface area contributed by atoms with Gasteiger partial charge in [-0.25, -0.2) is 8.78 Å². The number of hydrogen-bond acceptors (Lipinski definition) is 3. The van der Waals surface area contributed by atoms with Crippen LogP contribution in [-0.2, 0) is 0 Å². The van der Waals surface area contributed by atoms with E-state index in [2.05, 4.69) is 16.8 Å². The lowest BCUT2D eigenvalue weighted by molar-refractivity contribution is 0.0843. The SMILES string of the molecule is CC(C(=O)c1ccc(F)c(F)c1)N1CCCN(C)CC1. The Labute approximate surface area is 118 Å². The topological polar surface area (TPSA) is 23.6 Å². The van der Waals surface area contributed by atoms with E-state index in [-0.39, 0.29) is 17.4 Å². The third kappa shape index (κ3) is 3.41. The van der Waals surface area contributed by atoms with Gasteiger partial charge in [-0.15, -0.1) is 0 Å². The van der Waals surface area contributed by atoms with E-state index in [0.29, 0.717) is 0 Å². The third-order valence-corrected chi connectivity index (χ3v) is 3.89. The lowest BCUT2D eigenvalue weighted by Crippen LogP contribution is -2.41. The summed E-state index contributed by atoms with van der Waals surface area (Å²) in [6, 6.07) is 3.02. The maximum atomic E-state index is 13.2. The number of halogens is 2. The minimum absolute atomic E-state index is 0.159. The second-order valence-corrected chi connectivity index (χ2v) is 5.36. The molecule has 0 amide bonds. The monoisotopic (exact) mass is 282 g/mol. The van der Waals surface area contributed by atoms with E-state index >= 15 is 0 Å². The molecule has 1 aromatic carbocycles. The molecule has 0 aliphatic carbocycles. The Morgan fingerprint density at radius 3 is 2.60 bits per heavy atom. The molecule has 1 saturated heterocycles. The zero-order valence-corrected chi connectivity index (χ0v) is 11.9. The average Bonchev–Trinajstić information content (AvgIpc) is 2.65. The smallest absolute Gasteiger partial charge is 0.179 e. The van der Waals surface area contributed by atoms with Gasteiger partial charge in [-0.2, -0.15) is 0 Å². The average molecular weight is 282 g/mol. The lowest BCUT2D eigenvalue weighted by Gasteiger charge is -2.26. The highest BCUT2D eigenvalue weighted by molar-refractivity contribution is 5.99. The summed E-state index contributed by atoms with van der Waals surface area (Å²) >= 11 is 0. The van der Waals surface area contributed by atoms with Gasteiger partial charge < -0.3 is 4.90 Å². The standard InChI is InChI=1S/C15H20F2N2O/c1-11(19-7-3-6-18(2)8-9-19)15(20)12-4-5-13(16)14(17)10-12/h4-5,10-11H,3,6-9H2,1-2H3. The van der Waals surface area contributed by atoms with Crippen molar-refractivity contribution in [3.8, 4) is 0 Å². The van der Waals surface area contributed by atoms with Gasteiger partial charge in [0, 0.05) is 25.2 Å². The molecule has 3 nitrogen and oxygen atoms in total. The molecule has 0 N–H and O–H groups in total. The highest BCUT2D eigenvalue weighted by atomic mass is 19.2. The van der Waals surface area contributed by atoms with Crippen LogP contribution in [0.5, 0.6) is 0 Å². The number of carbonyl (C=O) groups excluding carboxylic acids is 1. The van der Waals surface area contributed by atoms with Crippen LogP contribution < -0.4 is 0 Å². The van der Waals surface area contributed by atoms with Crippen LogP contribution in [0.3, 0.4) is 0 Å². The summed E-state index contributed by atoms with van der Waals surface area (Å²) in [6.07, 6.45) is 1.01. The van der Waals surface area contributed by atoms with Gasteiger partial charge in [-0.3, -0.25) is 9.69 Å². The minimum Gasteiger partial charge on any atom is -0.305 e. The number of ketones is 1. The van der Waals surface area contributed by atoms with Gasteiger partial charge in [0.1, 0.15) is 0 Å². The van der Waals surface area contributed by atoms with Gasteiger partial charge in [-0.05, 0) is 45.1 Å². The van der Waals surface area contributed by atoms with E-state index < -0.39 is 11.6 Å².